The number of aliphatic hydroxyl groups excluding tert-OH is 2. The fraction of sp³-hybridized carbons (Fsp3) is 0.182. The first-order valence-electron chi connectivity index (χ1n) is 4.57. The maximum atomic E-state index is 11.1. The number of ether oxygens (including phenoxy) is 1. The Labute approximate surface area is 96.7 Å². The van der Waals surface area contributed by atoms with Gasteiger partial charge in [0.05, 0.1) is 0 Å². The van der Waals surface area contributed by atoms with Gasteiger partial charge in [0, 0.05) is 10.6 Å². The molecule has 0 bridgehead atoms. The Balaban J connectivity index is 2.49. The zero-order valence-corrected chi connectivity index (χ0v) is 9.15. The van der Waals surface area contributed by atoms with Crippen LogP contribution in [0.3, 0.4) is 0 Å². The SMILES string of the molecule is C[C@]1(c2ccc(Cl)cc2)OC(=O)C(O)=C1O. The van der Waals surface area contributed by atoms with Crippen molar-refractivity contribution < 1.29 is 19.7 Å². The fourth-order valence-corrected chi connectivity index (χ4v) is 1.69. The number of rotatable bonds is 1. The third-order valence-electron chi connectivity index (χ3n) is 2.56. The van der Waals surface area contributed by atoms with Crippen molar-refractivity contribution in [2.24, 2.45) is 0 Å². The van der Waals surface area contributed by atoms with Gasteiger partial charge in [-0.1, -0.05) is 23.7 Å². The van der Waals surface area contributed by atoms with E-state index in [1.165, 1.54) is 6.92 Å². The number of carbonyl (C=O) groups is 1. The Kier molecular flexibility index (Phi) is 2.31. The third kappa shape index (κ3) is 1.42. The fourth-order valence-electron chi connectivity index (χ4n) is 1.57. The molecule has 2 rings (SSSR count). The number of aliphatic hydroxyl groups is 2. The second kappa shape index (κ2) is 3.42. The summed E-state index contributed by atoms with van der Waals surface area (Å²) in [5.41, 5.74) is -0.807. The van der Waals surface area contributed by atoms with Crippen LogP contribution in [0.1, 0.15) is 12.5 Å². The topological polar surface area (TPSA) is 66.8 Å². The van der Waals surface area contributed by atoms with Crippen molar-refractivity contribution in [1.29, 1.82) is 0 Å². The summed E-state index contributed by atoms with van der Waals surface area (Å²) in [5.74, 6) is -2.17. The first-order chi connectivity index (χ1) is 7.45. The van der Waals surface area contributed by atoms with E-state index in [9.17, 15) is 15.0 Å². The van der Waals surface area contributed by atoms with Crippen molar-refractivity contribution >= 4 is 17.6 Å². The molecule has 5 heteroatoms. The monoisotopic (exact) mass is 240 g/mol. The Bertz CT molecular complexity index is 477. The van der Waals surface area contributed by atoms with Gasteiger partial charge in [0.25, 0.3) is 0 Å². The second-order valence-corrected chi connectivity index (χ2v) is 4.06. The molecule has 16 heavy (non-hydrogen) atoms. The van der Waals surface area contributed by atoms with Crippen LogP contribution in [-0.2, 0) is 15.1 Å². The molecule has 2 N–H and O–H groups in total. The van der Waals surface area contributed by atoms with Crippen molar-refractivity contribution in [3.05, 3.63) is 46.4 Å². The first kappa shape index (κ1) is 10.8. The Morgan fingerprint density at radius 3 is 2.25 bits per heavy atom. The largest absolute Gasteiger partial charge is 0.505 e. The summed E-state index contributed by atoms with van der Waals surface area (Å²) in [6, 6.07) is 6.45. The maximum absolute atomic E-state index is 11.1. The van der Waals surface area contributed by atoms with E-state index in [1.54, 1.807) is 24.3 Å². The van der Waals surface area contributed by atoms with E-state index in [1.807, 2.05) is 0 Å². The second-order valence-electron chi connectivity index (χ2n) is 3.63. The molecular weight excluding hydrogens is 232 g/mol. The molecule has 1 aromatic rings. The highest BCUT2D eigenvalue weighted by Crippen LogP contribution is 2.38. The molecule has 1 aromatic carbocycles. The number of halogens is 1. The van der Waals surface area contributed by atoms with E-state index < -0.39 is 23.1 Å². The Morgan fingerprint density at radius 1 is 1.25 bits per heavy atom. The van der Waals surface area contributed by atoms with E-state index in [0.29, 0.717) is 10.6 Å². The predicted molar refractivity (Wildman–Crippen MR) is 57.2 cm³/mol. The van der Waals surface area contributed by atoms with Crippen LogP contribution in [0.4, 0.5) is 0 Å². The quantitative estimate of drug-likeness (QED) is 0.740. The van der Waals surface area contributed by atoms with Crippen molar-refractivity contribution in [3.63, 3.8) is 0 Å². The summed E-state index contributed by atoms with van der Waals surface area (Å²) < 4.78 is 4.94. The lowest BCUT2D eigenvalue weighted by molar-refractivity contribution is -0.149. The van der Waals surface area contributed by atoms with Crippen LogP contribution in [0.15, 0.2) is 35.8 Å². The van der Waals surface area contributed by atoms with Crippen LogP contribution in [0, 0.1) is 0 Å². The molecule has 0 unspecified atom stereocenters. The molecule has 0 aromatic heterocycles. The van der Waals surface area contributed by atoms with E-state index >= 15 is 0 Å². The molecule has 1 heterocycles. The summed E-state index contributed by atoms with van der Waals surface area (Å²) in [6.45, 7) is 1.49. The van der Waals surface area contributed by atoms with Crippen LogP contribution in [-0.4, -0.2) is 16.2 Å². The van der Waals surface area contributed by atoms with E-state index in [0.717, 1.165) is 0 Å². The first-order valence-corrected chi connectivity index (χ1v) is 4.95. The van der Waals surface area contributed by atoms with Gasteiger partial charge < -0.3 is 14.9 Å². The van der Waals surface area contributed by atoms with Crippen LogP contribution >= 0.6 is 11.6 Å². The smallest absolute Gasteiger partial charge is 0.378 e. The lowest BCUT2D eigenvalue weighted by atomic mass is 9.94. The molecule has 0 spiro atoms. The van der Waals surface area contributed by atoms with Gasteiger partial charge in [0.1, 0.15) is 0 Å². The average Bonchev–Trinajstić information content (AvgIpc) is 2.45. The lowest BCUT2D eigenvalue weighted by Gasteiger charge is -2.23. The minimum Gasteiger partial charge on any atom is -0.505 e. The summed E-state index contributed by atoms with van der Waals surface area (Å²) in [6.07, 6.45) is 0. The van der Waals surface area contributed by atoms with Gasteiger partial charge in [-0.3, -0.25) is 0 Å². The average molecular weight is 241 g/mol. The maximum Gasteiger partial charge on any atom is 0.378 e. The molecular formula is C11H9ClO4. The molecule has 0 aliphatic carbocycles. The summed E-state index contributed by atoms with van der Waals surface area (Å²) in [7, 11) is 0. The van der Waals surface area contributed by atoms with Crippen molar-refractivity contribution in [3.8, 4) is 0 Å². The summed E-state index contributed by atoms with van der Waals surface area (Å²) in [4.78, 5) is 11.1. The zero-order chi connectivity index (χ0) is 11.9. The molecule has 84 valence electrons. The highest BCUT2D eigenvalue weighted by molar-refractivity contribution is 6.30. The molecule has 0 fully saturated rings. The van der Waals surface area contributed by atoms with Crippen molar-refractivity contribution in [2.75, 3.05) is 0 Å². The number of cyclic esters (lactones) is 1. The Hall–Kier alpha value is -1.68. The highest BCUT2D eigenvalue weighted by atomic mass is 35.5. The van der Waals surface area contributed by atoms with Crippen LogP contribution < -0.4 is 0 Å². The van der Waals surface area contributed by atoms with Gasteiger partial charge in [-0.05, 0) is 19.1 Å². The minimum atomic E-state index is -1.34. The number of hydrogen-bond acceptors (Lipinski definition) is 4. The van der Waals surface area contributed by atoms with Gasteiger partial charge in [-0.15, -0.1) is 0 Å². The molecule has 1 atom stereocenters. The summed E-state index contributed by atoms with van der Waals surface area (Å²) in [5, 5.41) is 19.4. The molecule has 4 nitrogen and oxygen atoms in total. The third-order valence-corrected chi connectivity index (χ3v) is 2.81. The minimum absolute atomic E-state index is 0.486. The lowest BCUT2D eigenvalue weighted by Crippen LogP contribution is -2.25. The van der Waals surface area contributed by atoms with Crippen LogP contribution in [0.5, 0.6) is 0 Å². The molecule has 0 saturated carbocycles. The highest BCUT2D eigenvalue weighted by Gasteiger charge is 2.46. The number of hydrogen-bond donors (Lipinski definition) is 2. The van der Waals surface area contributed by atoms with E-state index in [4.69, 9.17) is 16.3 Å². The van der Waals surface area contributed by atoms with Crippen LogP contribution in [0.25, 0.3) is 0 Å². The number of carbonyl (C=O) groups excluding carboxylic acids is 1. The van der Waals surface area contributed by atoms with E-state index in [-0.39, 0.29) is 0 Å². The van der Waals surface area contributed by atoms with Gasteiger partial charge in [0.2, 0.25) is 5.76 Å². The van der Waals surface area contributed by atoms with Gasteiger partial charge in [-0.2, -0.15) is 0 Å². The van der Waals surface area contributed by atoms with Crippen molar-refractivity contribution in [1.82, 2.24) is 0 Å². The molecule has 0 radical (unpaired) electrons. The van der Waals surface area contributed by atoms with Gasteiger partial charge in [-0.25, -0.2) is 4.79 Å². The summed E-state index contributed by atoms with van der Waals surface area (Å²) >= 11 is 5.73. The Morgan fingerprint density at radius 2 is 1.81 bits per heavy atom. The molecule has 0 saturated heterocycles. The molecule has 0 amide bonds. The van der Waals surface area contributed by atoms with E-state index in [2.05, 4.69) is 0 Å². The number of esters is 1. The zero-order valence-electron chi connectivity index (χ0n) is 8.40. The predicted octanol–water partition coefficient (Wildman–Crippen LogP) is 2.44. The molecule has 1 aliphatic rings. The van der Waals surface area contributed by atoms with Gasteiger partial charge >= 0.3 is 5.97 Å². The van der Waals surface area contributed by atoms with Gasteiger partial charge in [0.15, 0.2) is 11.4 Å². The van der Waals surface area contributed by atoms with Crippen LogP contribution in [0.2, 0.25) is 5.02 Å². The molecule has 1 aliphatic heterocycles. The number of benzene rings is 1. The standard InChI is InChI=1S/C11H9ClO4/c1-11(6-2-4-7(12)5-3-6)9(14)8(13)10(15)16-11/h2-5,13-14H,1H3/t11-/m1/s1. The normalized spacial score (nSPS) is 24.8. The van der Waals surface area contributed by atoms with Crippen molar-refractivity contribution in [2.45, 2.75) is 12.5 Å².